The highest BCUT2D eigenvalue weighted by molar-refractivity contribution is 5.78. The van der Waals surface area contributed by atoms with Crippen LogP contribution in [0.1, 0.15) is 40.5 Å². The van der Waals surface area contributed by atoms with E-state index in [1.807, 2.05) is 20.8 Å². The third-order valence-corrected chi connectivity index (χ3v) is 2.60. The van der Waals surface area contributed by atoms with Crippen LogP contribution in [0.25, 0.3) is 0 Å². The van der Waals surface area contributed by atoms with Crippen LogP contribution in [0.3, 0.4) is 0 Å². The summed E-state index contributed by atoms with van der Waals surface area (Å²) in [5, 5.41) is 2.81. The molecule has 2 amide bonds. The Morgan fingerprint density at radius 3 is 2.33 bits per heavy atom. The molecule has 0 aliphatic carbocycles. The molecule has 0 spiro atoms. The second kappa shape index (κ2) is 8.08. The highest BCUT2D eigenvalue weighted by atomic mass is 16.5. The number of hydrogen-bond acceptors (Lipinski definition) is 3. The Bertz CT molecular complexity index is 272. The lowest BCUT2D eigenvalue weighted by Crippen LogP contribution is -2.46. The topological polar surface area (TPSA) is 58.6 Å². The van der Waals surface area contributed by atoms with Crippen LogP contribution in [0.4, 0.5) is 0 Å². The molecule has 0 aromatic carbocycles. The smallest absolute Gasteiger partial charge is 0.221 e. The number of amides is 2. The molecule has 106 valence electrons. The summed E-state index contributed by atoms with van der Waals surface area (Å²) in [5.74, 6) is -0.0312. The molecule has 0 saturated carbocycles. The molecular formula is C13H26N2O3. The van der Waals surface area contributed by atoms with Crippen molar-refractivity contribution in [3.63, 3.8) is 0 Å². The van der Waals surface area contributed by atoms with Crippen molar-refractivity contribution in [3.8, 4) is 0 Å². The minimum atomic E-state index is -0.248. The molecule has 0 aliphatic heterocycles. The first-order chi connectivity index (χ1) is 8.29. The zero-order chi connectivity index (χ0) is 14.2. The minimum absolute atomic E-state index is 0.00492. The van der Waals surface area contributed by atoms with E-state index in [1.165, 1.54) is 6.92 Å². The van der Waals surface area contributed by atoms with Crippen molar-refractivity contribution in [2.24, 2.45) is 0 Å². The maximum atomic E-state index is 11.6. The van der Waals surface area contributed by atoms with E-state index in [0.29, 0.717) is 26.1 Å². The highest BCUT2D eigenvalue weighted by Crippen LogP contribution is 2.13. The summed E-state index contributed by atoms with van der Waals surface area (Å²) in [7, 11) is 1.63. The summed E-state index contributed by atoms with van der Waals surface area (Å²) >= 11 is 0. The standard InChI is InChI=1S/C13H26N2O3/c1-11(16)15(13(2,3)4)9-7-12(17)14-8-6-10-18-5/h6-10H2,1-5H3,(H,14,17). The van der Waals surface area contributed by atoms with Crippen molar-refractivity contribution in [3.05, 3.63) is 0 Å². The van der Waals surface area contributed by atoms with Gasteiger partial charge in [0.2, 0.25) is 11.8 Å². The van der Waals surface area contributed by atoms with E-state index in [2.05, 4.69) is 5.32 Å². The van der Waals surface area contributed by atoms with Crippen LogP contribution in [-0.2, 0) is 14.3 Å². The Morgan fingerprint density at radius 2 is 1.89 bits per heavy atom. The van der Waals surface area contributed by atoms with Gasteiger partial charge in [0, 0.05) is 45.7 Å². The van der Waals surface area contributed by atoms with Crippen molar-refractivity contribution >= 4 is 11.8 Å². The van der Waals surface area contributed by atoms with Gasteiger partial charge in [0.15, 0.2) is 0 Å². The minimum Gasteiger partial charge on any atom is -0.385 e. The molecule has 5 nitrogen and oxygen atoms in total. The van der Waals surface area contributed by atoms with E-state index >= 15 is 0 Å². The third kappa shape index (κ3) is 7.27. The van der Waals surface area contributed by atoms with Gasteiger partial charge in [-0.2, -0.15) is 0 Å². The van der Waals surface area contributed by atoms with E-state index in [-0.39, 0.29) is 17.4 Å². The van der Waals surface area contributed by atoms with Crippen LogP contribution in [0.5, 0.6) is 0 Å². The zero-order valence-corrected chi connectivity index (χ0v) is 12.2. The molecule has 5 heteroatoms. The first-order valence-corrected chi connectivity index (χ1v) is 6.33. The summed E-state index contributed by atoms with van der Waals surface area (Å²) < 4.78 is 4.89. The van der Waals surface area contributed by atoms with Gasteiger partial charge in [0.25, 0.3) is 0 Å². The van der Waals surface area contributed by atoms with E-state index in [4.69, 9.17) is 4.74 Å². The number of hydrogen-bond donors (Lipinski definition) is 1. The largest absolute Gasteiger partial charge is 0.385 e. The lowest BCUT2D eigenvalue weighted by Gasteiger charge is -2.34. The zero-order valence-electron chi connectivity index (χ0n) is 12.2. The molecule has 0 saturated heterocycles. The van der Waals surface area contributed by atoms with Gasteiger partial charge in [-0.3, -0.25) is 9.59 Å². The first-order valence-electron chi connectivity index (χ1n) is 6.33. The Morgan fingerprint density at radius 1 is 1.28 bits per heavy atom. The highest BCUT2D eigenvalue weighted by Gasteiger charge is 2.23. The van der Waals surface area contributed by atoms with Gasteiger partial charge in [-0.1, -0.05) is 0 Å². The number of nitrogens with one attached hydrogen (secondary N) is 1. The van der Waals surface area contributed by atoms with E-state index < -0.39 is 0 Å². The molecule has 1 N–H and O–H groups in total. The molecule has 0 rings (SSSR count). The van der Waals surface area contributed by atoms with E-state index in [9.17, 15) is 9.59 Å². The van der Waals surface area contributed by atoms with Gasteiger partial charge in [-0.25, -0.2) is 0 Å². The number of ether oxygens (including phenoxy) is 1. The van der Waals surface area contributed by atoms with Crippen LogP contribution in [-0.4, -0.2) is 49.1 Å². The molecule has 0 aromatic heterocycles. The summed E-state index contributed by atoms with van der Waals surface area (Å²) in [6.07, 6.45) is 1.14. The van der Waals surface area contributed by atoms with Crippen molar-refractivity contribution in [1.82, 2.24) is 10.2 Å². The normalized spacial score (nSPS) is 11.2. The Balaban J connectivity index is 3.98. The van der Waals surface area contributed by atoms with Gasteiger partial charge >= 0.3 is 0 Å². The molecular weight excluding hydrogens is 232 g/mol. The average molecular weight is 258 g/mol. The quantitative estimate of drug-likeness (QED) is 0.698. The molecule has 0 fully saturated rings. The van der Waals surface area contributed by atoms with Crippen LogP contribution in [0.15, 0.2) is 0 Å². The van der Waals surface area contributed by atoms with Gasteiger partial charge in [0.05, 0.1) is 0 Å². The molecule has 0 unspecified atom stereocenters. The summed E-state index contributed by atoms with van der Waals surface area (Å²) in [6.45, 7) is 9.13. The Kier molecular flexibility index (Phi) is 7.59. The molecule has 0 aromatic rings. The van der Waals surface area contributed by atoms with Gasteiger partial charge in [-0.05, 0) is 27.2 Å². The molecule has 0 heterocycles. The third-order valence-electron chi connectivity index (χ3n) is 2.60. The van der Waals surface area contributed by atoms with Gasteiger partial charge in [-0.15, -0.1) is 0 Å². The number of rotatable bonds is 7. The maximum absolute atomic E-state index is 11.6. The number of nitrogens with zero attached hydrogens (tertiary/aromatic N) is 1. The van der Waals surface area contributed by atoms with Crippen molar-refractivity contribution in [2.75, 3.05) is 26.8 Å². The van der Waals surface area contributed by atoms with Gasteiger partial charge < -0.3 is 15.0 Å². The second-order valence-corrected chi connectivity index (χ2v) is 5.29. The second-order valence-electron chi connectivity index (χ2n) is 5.29. The van der Waals surface area contributed by atoms with Crippen LogP contribution < -0.4 is 5.32 Å². The van der Waals surface area contributed by atoms with Crippen molar-refractivity contribution < 1.29 is 14.3 Å². The Hall–Kier alpha value is -1.10. The van der Waals surface area contributed by atoms with E-state index in [0.717, 1.165) is 6.42 Å². The molecule has 0 radical (unpaired) electrons. The lowest BCUT2D eigenvalue weighted by molar-refractivity contribution is -0.134. The Labute approximate surface area is 110 Å². The van der Waals surface area contributed by atoms with Crippen molar-refractivity contribution in [2.45, 2.75) is 46.1 Å². The van der Waals surface area contributed by atoms with E-state index in [1.54, 1.807) is 12.0 Å². The maximum Gasteiger partial charge on any atom is 0.221 e. The molecule has 0 bridgehead atoms. The molecule has 0 aliphatic rings. The van der Waals surface area contributed by atoms with Crippen molar-refractivity contribution in [1.29, 1.82) is 0 Å². The summed E-state index contributed by atoms with van der Waals surface area (Å²) in [6, 6.07) is 0. The first kappa shape index (κ1) is 16.9. The number of methoxy groups -OCH3 is 1. The van der Waals surface area contributed by atoms with Gasteiger partial charge in [0.1, 0.15) is 0 Å². The summed E-state index contributed by atoms with van der Waals surface area (Å²) in [4.78, 5) is 24.8. The van der Waals surface area contributed by atoms with Crippen LogP contribution in [0.2, 0.25) is 0 Å². The number of carbonyl (C=O) groups excluding carboxylic acids is 2. The predicted octanol–water partition coefficient (Wildman–Crippen LogP) is 1.18. The average Bonchev–Trinajstić information content (AvgIpc) is 2.22. The fraction of sp³-hybridized carbons (Fsp3) is 0.846. The molecule has 0 atom stereocenters. The summed E-state index contributed by atoms with van der Waals surface area (Å²) in [5.41, 5.74) is -0.248. The lowest BCUT2D eigenvalue weighted by atomic mass is 10.1. The number of carbonyl (C=O) groups is 2. The predicted molar refractivity (Wildman–Crippen MR) is 71.3 cm³/mol. The SMILES string of the molecule is COCCCNC(=O)CCN(C(C)=O)C(C)(C)C. The monoisotopic (exact) mass is 258 g/mol. The fourth-order valence-corrected chi connectivity index (χ4v) is 1.71. The molecule has 18 heavy (non-hydrogen) atoms. The van der Waals surface area contributed by atoms with Crippen LogP contribution in [0, 0.1) is 0 Å². The van der Waals surface area contributed by atoms with Crippen LogP contribution >= 0.6 is 0 Å². The fourth-order valence-electron chi connectivity index (χ4n) is 1.71.